The maximum absolute atomic E-state index is 10.4. The van der Waals surface area contributed by atoms with Crippen LogP contribution < -0.4 is 5.73 Å². The van der Waals surface area contributed by atoms with E-state index in [2.05, 4.69) is 6.07 Å². The highest BCUT2D eigenvalue weighted by atomic mass is 32.2. The van der Waals surface area contributed by atoms with Gasteiger partial charge in [-0.3, -0.25) is 4.79 Å². The van der Waals surface area contributed by atoms with Crippen molar-refractivity contribution in [3.8, 4) is 6.07 Å². The third-order valence-electron chi connectivity index (χ3n) is 2.26. The Labute approximate surface area is 101 Å². The average Bonchev–Trinajstić information content (AvgIpc) is 2.22. The normalized spacial score (nSPS) is 13.1. The molecule has 0 aliphatic carbocycles. The summed E-state index contributed by atoms with van der Waals surface area (Å²) in [5.41, 5.74) is 5.11. The Morgan fingerprint density at radius 2 is 2.19 bits per heavy atom. The molecule has 0 rings (SSSR count). The van der Waals surface area contributed by atoms with Crippen molar-refractivity contribution in [2.45, 2.75) is 39.2 Å². The van der Waals surface area contributed by atoms with E-state index in [0.717, 1.165) is 25.0 Å². The van der Waals surface area contributed by atoms with Gasteiger partial charge in [0.05, 0.1) is 11.5 Å². The van der Waals surface area contributed by atoms with Crippen molar-refractivity contribution in [2.24, 2.45) is 11.1 Å². The molecule has 16 heavy (non-hydrogen) atoms. The van der Waals surface area contributed by atoms with Crippen LogP contribution in [0.15, 0.2) is 0 Å². The first-order valence-corrected chi connectivity index (χ1v) is 6.52. The number of hydrogen-bond acceptors (Lipinski definition) is 4. The Bertz CT molecular complexity index is 261. The number of carboxylic acids is 1. The highest BCUT2D eigenvalue weighted by Crippen LogP contribution is 2.22. The molecule has 0 radical (unpaired) electrons. The fourth-order valence-corrected chi connectivity index (χ4v) is 2.08. The minimum Gasteiger partial charge on any atom is -0.480 e. The number of nitrogens with zero attached hydrogens (tertiary/aromatic N) is 1. The SMILES string of the molecule is CC(C)(C#N)CCCCSC[C@H](N)C(=O)O. The fourth-order valence-electron chi connectivity index (χ4n) is 1.11. The Balaban J connectivity index is 3.42. The van der Waals surface area contributed by atoms with E-state index in [0.29, 0.717) is 5.75 Å². The maximum Gasteiger partial charge on any atom is 0.321 e. The van der Waals surface area contributed by atoms with Crippen LogP contribution in [-0.4, -0.2) is 28.6 Å². The predicted octanol–water partition coefficient (Wildman–Crippen LogP) is 1.85. The van der Waals surface area contributed by atoms with Gasteiger partial charge >= 0.3 is 5.97 Å². The Morgan fingerprint density at radius 3 is 2.69 bits per heavy atom. The van der Waals surface area contributed by atoms with Gasteiger partial charge in [-0.1, -0.05) is 6.42 Å². The second kappa shape index (κ2) is 7.53. The van der Waals surface area contributed by atoms with Crippen LogP contribution in [0.3, 0.4) is 0 Å². The molecule has 0 saturated carbocycles. The van der Waals surface area contributed by atoms with Gasteiger partial charge in [-0.05, 0) is 32.4 Å². The first-order valence-electron chi connectivity index (χ1n) is 5.36. The summed E-state index contributed by atoms with van der Waals surface area (Å²) in [6.07, 6.45) is 2.88. The van der Waals surface area contributed by atoms with Crippen molar-refractivity contribution in [3.05, 3.63) is 0 Å². The van der Waals surface area contributed by atoms with Crippen molar-refractivity contribution in [1.82, 2.24) is 0 Å². The van der Waals surface area contributed by atoms with Crippen LogP contribution in [0, 0.1) is 16.7 Å². The number of hydrogen-bond donors (Lipinski definition) is 2. The van der Waals surface area contributed by atoms with Gasteiger partial charge in [-0.15, -0.1) is 0 Å². The first kappa shape index (κ1) is 15.3. The van der Waals surface area contributed by atoms with Crippen LogP contribution in [0.1, 0.15) is 33.1 Å². The van der Waals surface area contributed by atoms with E-state index in [1.165, 1.54) is 0 Å². The number of nitriles is 1. The molecule has 0 aliphatic heterocycles. The van der Waals surface area contributed by atoms with Gasteiger partial charge < -0.3 is 10.8 Å². The summed E-state index contributed by atoms with van der Waals surface area (Å²) in [6.45, 7) is 3.86. The molecule has 3 N–H and O–H groups in total. The average molecular weight is 244 g/mol. The van der Waals surface area contributed by atoms with Crippen LogP contribution >= 0.6 is 11.8 Å². The van der Waals surface area contributed by atoms with Crippen molar-refractivity contribution < 1.29 is 9.90 Å². The molecule has 0 aromatic rings. The maximum atomic E-state index is 10.4. The van der Waals surface area contributed by atoms with Gasteiger partial charge in [0.2, 0.25) is 0 Å². The lowest BCUT2D eigenvalue weighted by Gasteiger charge is -2.14. The van der Waals surface area contributed by atoms with E-state index in [1.807, 2.05) is 13.8 Å². The van der Waals surface area contributed by atoms with Crippen molar-refractivity contribution in [3.63, 3.8) is 0 Å². The highest BCUT2D eigenvalue weighted by molar-refractivity contribution is 7.99. The monoisotopic (exact) mass is 244 g/mol. The first-order chi connectivity index (χ1) is 7.39. The van der Waals surface area contributed by atoms with E-state index in [4.69, 9.17) is 16.1 Å². The molecule has 92 valence electrons. The number of unbranched alkanes of at least 4 members (excludes halogenated alkanes) is 1. The molecule has 0 amide bonds. The molecule has 0 spiro atoms. The molecule has 0 unspecified atom stereocenters. The second-order valence-corrected chi connectivity index (χ2v) is 5.62. The smallest absolute Gasteiger partial charge is 0.321 e. The predicted molar refractivity (Wildman–Crippen MR) is 66.2 cm³/mol. The molecular weight excluding hydrogens is 224 g/mol. The summed E-state index contributed by atoms with van der Waals surface area (Å²) >= 11 is 1.56. The van der Waals surface area contributed by atoms with Crippen LogP contribution in [0.2, 0.25) is 0 Å². The Hall–Kier alpha value is -0.730. The topological polar surface area (TPSA) is 87.1 Å². The zero-order chi connectivity index (χ0) is 12.6. The third-order valence-corrected chi connectivity index (χ3v) is 3.43. The third kappa shape index (κ3) is 7.55. The molecule has 4 nitrogen and oxygen atoms in total. The number of carbonyl (C=O) groups is 1. The lowest BCUT2D eigenvalue weighted by Crippen LogP contribution is -2.32. The summed E-state index contributed by atoms with van der Waals surface area (Å²) in [4.78, 5) is 10.4. The largest absolute Gasteiger partial charge is 0.480 e. The molecule has 0 aliphatic rings. The van der Waals surface area contributed by atoms with Crippen molar-refractivity contribution in [2.75, 3.05) is 11.5 Å². The number of aliphatic carboxylic acids is 1. The van der Waals surface area contributed by atoms with Crippen LogP contribution in [0.4, 0.5) is 0 Å². The zero-order valence-electron chi connectivity index (χ0n) is 9.90. The molecular formula is C11H20N2O2S. The summed E-state index contributed by atoms with van der Waals surface area (Å²) < 4.78 is 0. The number of nitrogens with two attached hydrogens (primary N) is 1. The van der Waals surface area contributed by atoms with Gasteiger partial charge in [-0.25, -0.2) is 0 Å². The fraction of sp³-hybridized carbons (Fsp3) is 0.818. The lowest BCUT2D eigenvalue weighted by molar-refractivity contribution is -0.137. The Morgan fingerprint density at radius 1 is 1.56 bits per heavy atom. The lowest BCUT2D eigenvalue weighted by atomic mass is 9.89. The molecule has 0 bridgehead atoms. The van der Waals surface area contributed by atoms with Gasteiger partial charge in [0.25, 0.3) is 0 Å². The van der Waals surface area contributed by atoms with Gasteiger partial charge in [-0.2, -0.15) is 17.0 Å². The molecule has 5 heteroatoms. The zero-order valence-corrected chi connectivity index (χ0v) is 10.7. The van der Waals surface area contributed by atoms with E-state index < -0.39 is 12.0 Å². The van der Waals surface area contributed by atoms with E-state index in [-0.39, 0.29) is 5.41 Å². The summed E-state index contributed by atoms with van der Waals surface area (Å²) in [7, 11) is 0. The summed E-state index contributed by atoms with van der Waals surface area (Å²) in [5.74, 6) is 0.414. The molecule has 0 saturated heterocycles. The van der Waals surface area contributed by atoms with E-state index >= 15 is 0 Å². The number of rotatable bonds is 8. The van der Waals surface area contributed by atoms with E-state index in [1.54, 1.807) is 11.8 Å². The highest BCUT2D eigenvalue weighted by Gasteiger charge is 2.15. The number of thioether (sulfide) groups is 1. The standard InChI is InChI=1S/C11H20N2O2S/c1-11(2,8-12)5-3-4-6-16-7-9(13)10(14)15/h9H,3-7,13H2,1-2H3,(H,14,15)/t9-/m0/s1. The quantitative estimate of drug-likeness (QED) is 0.636. The van der Waals surface area contributed by atoms with Crippen LogP contribution in [-0.2, 0) is 4.79 Å². The van der Waals surface area contributed by atoms with Crippen LogP contribution in [0.5, 0.6) is 0 Å². The van der Waals surface area contributed by atoms with Crippen molar-refractivity contribution in [1.29, 1.82) is 5.26 Å². The van der Waals surface area contributed by atoms with Gasteiger partial charge in [0.15, 0.2) is 0 Å². The molecule has 0 aromatic carbocycles. The number of carboxylic acid groups (broad SMARTS) is 1. The van der Waals surface area contributed by atoms with Crippen molar-refractivity contribution >= 4 is 17.7 Å². The minimum absolute atomic E-state index is 0.248. The van der Waals surface area contributed by atoms with Gasteiger partial charge in [0.1, 0.15) is 6.04 Å². The van der Waals surface area contributed by atoms with Gasteiger partial charge in [0, 0.05) is 5.75 Å². The minimum atomic E-state index is -0.946. The Kier molecular flexibility index (Phi) is 7.18. The molecule has 1 atom stereocenters. The summed E-state index contributed by atoms with van der Waals surface area (Å²) in [6, 6.07) is 1.50. The van der Waals surface area contributed by atoms with E-state index in [9.17, 15) is 4.79 Å². The summed E-state index contributed by atoms with van der Waals surface area (Å²) in [5, 5.41) is 17.3. The second-order valence-electron chi connectivity index (χ2n) is 4.47. The molecule has 0 fully saturated rings. The molecule has 0 heterocycles. The van der Waals surface area contributed by atoms with Crippen LogP contribution in [0.25, 0.3) is 0 Å². The molecule has 0 aromatic heterocycles.